The topological polar surface area (TPSA) is 64.8 Å². The summed E-state index contributed by atoms with van der Waals surface area (Å²) in [5.74, 6) is 0.903. The van der Waals surface area contributed by atoms with E-state index in [1.54, 1.807) is 6.26 Å². The summed E-state index contributed by atoms with van der Waals surface area (Å²) in [6.45, 7) is 7.79. The Kier molecular flexibility index (Phi) is 5.80. The van der Waals surface area contributed by atoms with E-state index in [1.807, 2.05) is 18.2 Å². The molecule has 4 heterocycles. The van der Waals surface area contributed by atoms with Crippen LogP contribution in [0.2, 0.25) is 0 Å². The van der Waals surface area contributed by atoms with Crippen molar-refractivity contribution in [2.75, 3.05) is 49.1 Å². The molecule has 2 atom stereocenters. The number of hydrogen-bond acceptors (Lipinski definition) is 6. The largest absolute Gasteiger partial charge is 0.369 e. The van der Waals surface area contributed by atoms with Gasteiger partial charge in [0.25, 0.3) is 0 Å². The van der Waals surface area contributed by atoms with Crippen molar-refractivity contribution in [3.8, 4) is 0 Å². The van der Waals surface area contributed by atoms with Gasteiger partial charge in [0.15, 0.2) is 5.82 Å². The third-order valence-corrected chi connectivity index (χ3v) is 7.64. The van der Waals surface area contributed by atoms with Crippen LogP contribution in [-0.4, -0.2) is 67.3 Å². The van der Waals surface area contributed by atoms with E-state index in [4.69, 9.17) is 4.52 Å². The molecule has 3 saturated heterocycles. The Morgan fingerprint density at radius 2 is 1.91 bits per heavy atom. The van der Waals surface area contributed by atoms with Gasteiger partial charge in [-0.1, -0.05) is 5.16 Å². The van der Waals surface area contributed by atoms with Crippen LogP contribution < -0.4 is 15.1 Å². The van der Waals surface area contributed by atoms with Crippen molar-refractivity contribution >= 4 is 17.4 Å². The average Bonchev–Trinajstić information content (AvgIpc) is 3.43. The van der Waals surface area contributed by atoms with Crippen LogP contribution in [0.4, 0.5) is 15.9 Å². The Morgan fingerprint density at radius 3 is 2.59 bits per heavy atom. The number of rotatable bonds is 5. The van der Waals surface area contributed by atoms with E-state index in [9.17, 15) is 9.18 Å². The van der Waals surface area contributed by atoms with Crippen molar-refractivity contribution in [3.05, 3.63) is 42.4 Å². The standard InChI is InChI=1S/C24H32FN5O2/c1-18-17-30(21-4-2-19(25)3-5-21)14-13-28(18)10-6-20-16-24(23(31)26-20)8-11-29(12-9-24)22-7-15-32-27-22/h2-5,7,15,18,20H,6,8-14,16-17H2,1H3,(H,26,31)/t18-,20-/m0/s1. The molecular formula is C24H32FN5O2. The smallest absolute Gasteiger partial charge is 0.226 e. The van der Waals surface area contributed by atoms with E-state index in [-0.39, 0.29) is 23.2 Å². The maximum atomic E-state index is 13.2. The number of carbonyl (C=O) groups is 1. The first-order valence-corrected chi connectivity index (χ1v) is 11.7. The molecule has 0 saturated carbocycles. The minimum atomic E-state index is -0.224. The summed E-state index contributed by atoms with van der Waals surface area (Å²) < 4.78 is 18.2. The molecule has 8 heteroatoms. The lowest BCUT2D eigenvalue weighted by atomic mass is 9.75. The summed E-state index contributed by atoms with van der Waals surface area (Å²) in [5, 5.41) is 7.32. The van der Waals surface area contributed by atoms with Crippen molar-refractivity contribution < 1.29 is 13.7 Å². The van der Waals surface area contributed by atoms with E-state index in [2.05, 4.69) is 32.1 Å². The number of amides is 1. The normalized spacial score (nSPS) is 26.0. The number of piperidine rings is 1. The highest BCUT2D eigenvalue weighted by Crippen LogP contribution is 2.41. The molecular weight excluding hydrogens is 409 g/mol. The van der Waals surface area contributed by atoms with Gasteiger partial charge in [0.2, 0.25) is 5.91 Å². The number of piperazine rings is 1. The van der Waals surface area contributed by atoms with E-state index < -0.39 is 0 Å². The lowest BCUT2D eigenvalue weighted by molar-refractivity contribution is -0.128. The summed E-state index contributed by atoms with van der Waals surface area (Å²) >= 11 is 0. The summed E-state index contributed by atoms with van der Waals surface area (Å²) in [4.78, 5) is 19.9. The third-order valence-electron chi connectivity index (χ3n) is 7.64. The molecule has 0 radical (unpaired) electrons. The molecule has 172 valence electrons. The zero-order valence-electron chi connectivity index (χ0n) is 18.7. The molecule has 7 nitrogen and oxygen atoms in total. The fraction of sp³-hybridized carbons (Fsp3) is 0.583. The number of nitrogens with one attached hydrogen (secondary N) is 1. The molecule has 1 aromatic heterocycles. The van der Waals surface area contributed by atoms with Gasteiger partial charge < -0.3 is 19.6 Å². The van der Waals surface area contributed by atoms with Gasteiger partial charge in [-0.15, -0.1) is 0 Å². The van der Waals surface area contributed by atoms with Gasteiger partial charge in [-0.05, 0) is 56.9 Å². The van der Waals surface area contributed by atoms with Crippen molar-refractivity contribution in [1.82, 2.24) is 15.4 Å². The van der Waals surface area contributed by atoms with Crippen molar-refractivity contribution in [2.24, 2.45) is 5.41 Å². The Balaban J connectivity index is 1.11. The highest BCUT2D eigenvalue weighted by molar-refractivity contribution is 5.85. The van der Waals surface area contributed by atoms with Gasteiger partial charge in [0, 0.05) is 63.1 Å². The molecule has 2 aromatic rings. The van der Waals surface area contributed by atoms with Gasteiger partial charge in [-0.25, -0.2) is 4.39 Å². The van der Waals surface area contributed by atoms with Gasteiger partial charge in [-0.3, -0.25) is 9.69 Å². The summed E-state index contributed by atoms with van der Waals surface area (Å²) in [6, 6.07) is 9.33. The van der Waals surface area contributed by atoms with Crippen LogP contribution in [0.3, 0.4) is 0 Å². The second-order valence-electron chi connectivity index (χ2n) is 9.60. The van der Waals surface area contributed by atoms with Gasteiger partial charge in [0.05, 0.1) is 5.41 Å². The van der Waals surface area contributed by atoms with Gasteiger partial charge in [-0.2, -0.15) is 0 Å². The van der Waals surface area contributed by atoms with Crippen molar-refractivity contribution in [2.45, 2.75) is 44.7 Å². The van der Waals surface area contributed by atoms with Crippen LogP contribution in [0.15, 0.2) is 41.1 Å². The minimum absolute atomic E-state index is 0.194. The molecule has 3 aliphatic heterocycles. The number of carbonyl (C=O) groups excluding carboxylic acids is 1. The van der Waals surface area contributed by atoms with Crippen LogP contribution in [-0.2, 0) is 4.79 Å². The van der Waals surface area contributed by atoms with Gasteiger partial charge in [0.1, 0.15) is 12.1 Å². The van der Waals surface area contributed by atoms with Crippen LogP contribution in [0.1, 0.15) is 32.6 Å². The number of nitrogens with zero attached hydrogens (tertiary/aromatic N) is 4. The zero-order chi connectivity index (χ0) is 22.1. The fourth-order valence-electron chi connectivity index (χ4n) is 5.63. The molecule has 0 aliphatic carbocycles. The molecule has 1 spiro atoms. The van der Waals surface area contributed by atoms with Crippen LogP contribution >= 0.6 is 0 Å². The van der Waals surface area contributed by atoms with Crippen LogP contribution in [0, 0.1) is 11.2 Å². The Labute approximate surface area is 188 Å². The maximum absolute atomic E-state index is 13.2. The number of benzene rings is 1. The number of aromatic nitrogens is 1. The predicted octanol–water partition coefficient (Wildman–Crippen LogP) is 2.89. The minimum Gasteiger partial charge on any atom is -0.369 e. The molecule has 1 N–H and O–H groups in total. The molecule has 0 unspecified atom stereocenters. The molecule has 0 bridgehead atoms. The number of halogens is 1. The van der Waals surface area contributed by atoms with Crippen molar-refractivity contribution in [1.29, 1.82) is 0 Å². The predicted molar refractivity (Wildman–Crippen MR) is 121 cm³/mol. The second kappa shape index (κ2) is 8.73. The number of anilines is 2. The Morgan fingerprint density at radius 1 is 1.12 bits per heavy atom. The molecule has 1 amide bonds. The van der Waals surface area contributed by atoms with E-state index in [1.165, 1.54) is 12.1 Å². The Hall–Kier alpha value is -2.61. The molecule has 32 heavy (non-hydrogen) atoms. The summed E-state index contributed by atoms with van der Waals surface area (Å²) in [6.07, 6.45) is 5.26. The fourth-order valence-corrected chi connectivity index (χ4v) is 5.63. The van der Waals surface area contributed by atoms with E-state index in [0.717, 1.165) is 76.5 Å². The molecule has 3 aliphatic rings. The molecule has 1 aromatic carbocycles. The first-order valence-electron chi connectivity index (χ1n) is 11.7. The molecule has 5 rings (SSSR count). The highest BCUT2D eigenvalue weighted by Gasteiger charge is 2.48. The van der Waals surface area contributed by atoms with Crippen molar-refractivity contribution in [3.63, 3.8) is 0 Å². The first kappa shape index (κ1) is 21.2. The van der Waals surface area contributed by atoms with E-state index >= 15 is 0 Å². The average molecular weight is 442 g/mol. The third kappa shape index (κ3) is 4.20. The maximum Gasteiger partial charge on any atom is 0.226 e. The molecule has 3 fully saturated rings. The van der Waals surface area contributed by atoms with Gasteiger partial charge >= 0.3 is 0 Å². The number of hydrogen-bond donors (Lipinski definition) is 1. The first-order chi connectivity index (χ1) is 15.5. The monoisotopic (exact) mass is 441 g/mol. The summed E-state index contributed by atoms with van der Waals surface area (Å²) in [5.41, 5.74) is 0.859. The van der Waals surface area contributed by atoms with E-state index in [0.29, 0.717) is 6.04 Å². The Bertz CT molecular complexity index is 911. The second-order valence-corrected chi connectivity index (χ2v) is 9.60. The lowest BCUT2D eigenvalue weighted by Crippen LogP contribution is -2.52. The quantitative estimate of drug-likeness (QED) is 0.770. The van der Waals surface area contributed by atoms with Crippen LogP contribution in [0.25, 0.3) is 0 Å². The zero-order valence-corrected chi connectivity index (χ0v) is 18.7. The SMILES string of the molecule is C[C@H]1CN(c2ccc(F)cc2)CCN1CC[C@H]1CC2(CCN(c3ccon3)CC2)C(=O)N1. The van der Waals surface area contributed by atoms with Crippen LogP contribution in [0.5, 0.6) is 0 Å². The highest BCUT2D eigenvalue weighted by atomic mass is 19.1. The lowest BCUT2D eigenvalue weighted by Gasteiger charge is -2.41. The summed E-state index contributed by atoms with van der Waals surface area (Å²) in [7, 11) is 0.